The number of hydrogen-bond donors (Lipinski definition) is 0. The molecule has 0 amide bonds. The Bertz CT molecular complexity index is 116. The van der Waals surface area contributed by atoms with Crippen molar-refractivity contribution in [3.05, 3.63) is 38.0 Å². The Hall–Kier alpha value is -0.780. The molecule has 0 heterocycles. The molecule has 0 aliphatic rings. The molecule has 0 N–H and O–H groups in total. The third kappa shape index (κ3) is 22.5. The van der Waals surface area contributed by atoms with Crippen LogP contribution in [0, 0.1) is 0 Å². The molecular weight excluding hydrogens is 168 g/mol. The summed E-state index contributed by atoms with van der Waals surface area (Å²) in [5.41, 5.74) is 0. The molecule has 0 saturated heterocycles. The summed E-state index contributed by atoms with van der Waals surface area (Å²) in [5.74, 6) is 0. The van der Waals surface area contributed by atoms with Crippen molar-refractivity contribution < 1.29 is 0 Å². The maximum atomic E-state index is 3.69. The molecule has 0 aliphatic heterocycles. The van der Waals surface area contributed by atoms with Gasteiger partial charge in [-0.25, -0.2) is 0 Å². The predicted molar refractivity (Wildman–Crippen MR) is 68.6 cm³/mol. The van der Waals surface area contributed by atoms with Gasteiger partial charge in [0.1, 0.15) is 0 Å². The molecule has 0 aliphatic carbocycles. The lowest BCUT2D eigenvalue weighted by molar-refractivity contribution is 0.611. The van der Waals surface area contributed by atoms with Crippen molar-refractivity contribution in [2.45, 2.75) is 51.9 Å². The first-order valence-electron chi connectivity index (χ1n) is 5.67. The van der Waals surface area contributed by atoms with Crippen LogP contribution in [-0.4, -0.2) is 0 Å². The van der Waals surface area contributed by atoms with Gasteiger partial charge in [-0.1, -0.05) is 70.4 Å². The van der Waals surface area contributed by atoms with Gasteiger partial charge in [-0.2, -0.15) is 0 Å². The van der Waals surface area contributed by atoms with E-state index in [1.807, 2.05) is 6.08 Å². The molecule has 0 bridgehead atoms. The second kappa shape index (κ2) is 18.1. The van der Waals surface area contributed by atoms with Gasteiger partial charge in [-0.05, 0) is 12.8 Å². The van der Waals surface area contributed by atoms with Gasteiger partial charge in [0.05, 0.1) is 0 Å². The van der Waals surface area contributed by atoms with Crippen molar-refractivity contribution in [2.75, 3.05) is 0 Å². The van der Waals surface area contributed by atoms with Crippen molar-refractivity contribution in [2.24, 2.45) is 0 Å². The summed E-state index contributed by atoms with van der Waals surface area (Å²) >= 11 is 0. The van der Waals surface area contributed by atoms with Gasteiger partial charge in [0.2, 0.25) is 0 Å². The SMILES string of the molecule is C=CC=C.C=CCCCCCCCC. The van der Waals surface area contributed by atoms with Crippen LogP contribution in [0.1, 0.15) is 51.9 Å². The summed E-state index contributed by atoms with van der Waals surface area (Å²) in [7, 11) is 0. The van der Waals surface area contributed by atoms with Crippen LogP contribution in [0.25, 0.3) is 0 Å². The molecule has 14 heavy (non-hydrogen) atoms. The van der Waals surface area contributed by atoms with Gasteiger partial charge in [0.15, 0.2) is 0 Å². The summed E-state index contributed by atoms with van der Waals surface area (Å²) in [6, 6.07) is 0. The average molecular weight is 194 g/mol. The largest absolute Gasteiger partial charge is 0.103 e. The smallest absolute Gasteiger partial charge is 0.0353 e. The molecule has 0 nitrogen and oxygen atoms in total. The van der Waals surface area contributed by atoms with Crippen LogP contribution in [0.5, 0.6) is 0 Å². The lowest BCUT2D eigenvalue weighted by Crippen LogP contribution is -1.76. The van der Waals surface area contributed by atoms with E-state index in [4.69, 9.17) is 0 Å². The molecular formula is C14H26. The molecule has 0 spiro atoms. The van der Waals surface area contributed by atoms with E-state index >= 15 is 0 Å². The summed E-state index contributed by atoms with van der Waals surface area (Å²) in [5, 5.41) is 0. The van der Waals surface area contributed by atoms with Gasteiger partial charge in [-0.15, -0.1) is 6.58 Å². The van der Waals surface area contributed by atoms with Gasteiger partial charge >= 0.3 is 0 Å². The minimum Gasteiger partial charge on any atom is -0.103 e. The second-order valence-corrected chi connectivity index (χ2v) is 3.32. The van der Waals surface area contributed by atoms with E-state index in [2.05, 4.69) is 26.7 Å². The van der Waals surface area contributed by atoms with Crippen LogP contribution in [0.3, 0.4) is 0 Å². The van der Waals surface area contributed by atoms with Crippen molar-refractivity contribution in [1.82, 2.24) is 0 Å². The normalized spacial score (nSPS) is 8.36. The Morgan fingerprint density at radius 2 is 1.29 bits per heavy atom. The molecule has 0 aromatic rings. The minimum atomic E-state index is 1.20. The maximum Gasteiger partial charge on any atom is -0.0353 e. The zero-order valence-corrected chi connectivity index (χ0v) is 9.80. The quantitative estimate of drug-likeness (QED) is 0.280. The van der Waals surface area contributed by atoms with Crippen molar-refractivity contribution in [1.29, 1.82) is 0 Å². The lowest BCUT2D eigenvalue weighted by Gasteiger charge is -1.96. The number of rotatable bonds is 8. The Kier molecular flexibility index (Phi) is 20.3. The van der Waals surface area contributed by atoms with E-state index in [0.717, 1.165) is 0 Å². The average Bonchev–Trinajstić information content (AvgIpc) is 2.24. The first-order valence-corrected chi connectivity index (χ1v) is 5.67. The predicted octanol–water partition coefficient (Wildman–Crippen LogP) is 5.28. The first-order chi connectivity index (χ1) is 6.83. The first kappa shape index (κ1) is 15.7. The Morgan fingerprint density at radius 1 is 0.786 bits per heavy atom. The summed E-state index contributed by atoms with van der Waals surface area (Å²) in [4.78, 5) is 0. The highest BCUT2D eigenvalue weighted by Gasteiger charge is 1.86. The van der Waals surface area contributed by atoms with Crippen molar-refractivity contribution in [3.63, 3.8) is 0 Å². The number of hydrogen-bond acceptors (Lipinski definition) is 0. The summed E-state index contributed by atoms with van der Waals surface area (Å²) in [6.45, 7) is 12.7. The molecule has 0 saturated carbocycles. The molecule has 0 heteroatoms. The highest BCUT2D eigenvalue weighted by atomic mass is 13.9. The third-order valence-corrected chi connectivity index (χ3v) is 1.93. The maximum absolute atomic E-state index is 3.69. The van der Waals surface area contributed by atoms with Crippen molar-refractivity contribution in [3.8, 4) is 0 Å². The Labute approximate surface area is 90.4 Å². The minimum absolute atomic E-state index is 1.20. The fourth-order valence-corrected chi connectivity index (χ4v) is 1.07. The fourth-order valence-electron chi connectivity index (χ4n) is 1.07. The van der Waals surface area contributed by atoms with Crippen LogP contribution in [-0.2, 0) is 0 Å². The highest BCUT2D eigenvalue weighted by molar-refractivity contribution is 4.88. The molecule has 0 aromatic heterocycles. The molecule has 0 aromatic carbocycles. The topological polar surface area (TPSA) is 0 Å². The van der Waals surface area contributed by atoms with Crippen LogP contribution in [0.2, 0.25) is 0 Å². The van der Waals surface area contributed by atoms with Crippen LogP contribution >= 0.6 is 0 Å². The van der Waals surface area contributed by atoms with E-state index < -0.39 is 0 Å². The summed E-state index contributed by atoms with van der Waals surface area (Å²) < 4.78 is 0. The molecule has 0 rings (SSSR count). The summed E-state index contributed by atoms with van der Waals surface area (Å²) in [6.07, 6.45) is 14.8. The molecule has 0 atom stereocenters. The van der Waals surface area contributed by atoms with Gasteiger partial charge < -0.3 is 0 Å². The Morgan fingerprint density at radius 3 is 1.71 bits per heavy atom. The molecule has 0 radical (unpaired) electrons. The van der Waals surface area contributed by atoms with Crippen molar-refractivity contribution >= 4 is 0 Å². The Balaban J connectivity index is 0. The molecule has 0 fully saturated rings. The number of unbranched alkanes of at least 4 members (excludes halogenated alkanes) is 6. The van der Waals surface area contributed by atoms with Crippen LogP contribution in [0.4, 0.5) is 0 Å². The monoisotopic (exact) mass is 194 g/mol. The van der Waals surface area contributed by atoms with E-state index in [0.29, 0.717) is 0 Å². The van der Waals surface area contributed by atoms with Crippen LogP contribution in [0.15, 0.2) is 38.0 Å². The van der Waals surface area contributed by atoms with E-state index in [-0.39, 0.29) is 0 Å². The molecule has 0 unspecified atom stereocenters. The number of allylic oxidation sites excluding steroid dienone is 3. The zero-order valence-electron chi connectivity index (χ0n) is 9.80. The fraction of sp³-hybridized carbons (Fsp3) is 0.571. The van der Waals surface area contributed by atoms with Gasteiger partial charge in [0, 0.05) is 0 Å². The standard InChI is InChI=1S/C10H20.C4H6/c1-3-5-7-9-10-8-6-4-2;1-3-4-2/h3H,1,4-10H2,2H3;3-4H,1-2H2. The van der Waals surface area contributed by atoms with Crippen LogP contribution < -0.4 is 0 Å². The third-order valence-electron chi connectivity index (χ3n) is 1.93. The zero-order chi connectivity index (χ0) is 11.1. The second-order valence-electron chi connectivity index (χ2n) is 3.32. The van der Waals surface area contributed by atoms with Gasteiger partial charge in [0.25, 0.3) is 0 Å². The lowest BCUT2D eigenvalue weighted by atomic mass is 10.1. The highest BCUT2D eigenvalue weighted by Crippen LogP contribution is 2.06. The molecule has 82 valence electrons. The van der Waals surface area contributed by atoms with E-state index in [1.54, 1.807) is 12.2 Å². The van der Waals surface area contributed by atoms with E-state index in [1.165, 1.54) is 44.9 Å². The van der Waals surface area contributed by atoms with Gasteiger partial charge in [-0.3, -0.25) is 0 Å². The van der Waals surface area contributed by atoms with E-state index in [9.17, 15) is 0 Å².